The fourth-order valence-electron chi connectivity index (χ4n) is 2.15. The molecule has 0 saturated carbocycles. The van der Waals surface area contributed by atoms with Gasteiger partial charge in [-0.3, -0.25) is 4.79 Å². The molecule has 3 nitrogen and oxygen atoms in total. The van der Waals surface area contributed by atoms with Crippen molar-refractivity contribution < 1.29 is 14.3 Å². The van der Waals surface area contributed by atoms with Gasteiger partial charge in [-0.05, 0) is 30.2 Å². The van der Waals surface area contributed by atoms with E-state index in [9.17, 15) is 14.3 Å². The molecular formula is C17H17BrFNO2. The number of amides is 1. The molecule has 0 radical (unpaired) electrons. The summed E-state index contributed by atoms with van der Waals surface area (Å²) in [6.07, 6.45) is 0.575. The van der Waals surface area contributed by atoms with E-state index in [-0.39, 0.29) is 23.9 Å². The van der Waals surface area contributed by atoms with Crippen LogP contribution in [0.5, 0.6) is 5.75 Å². The average molecular weight is 366 g/mol. The van der Waals surface area contributed by atoms with Crippen molar-refractivity contribution in [3.63, 3.8) is 0 Å². The molecule has 0 aliphatic carbocycles. The molecule has 5 heteroatoms. The maximum atomic E-state index is 13.7. The third kappa shape index (κ3) is 4.31. The minimum Gasteiger partial charge on any atom is -0.508 e. The first kappa shape index (κ1) is 16.5. The van der Waals surface area contributed by atoms with Crippen LogP contribution in [0.25, 0.3) is 0 Å². The van der Waals surface area contributed by atoms with Gasteiger partial charge in [0.05, 0.1) is 0 Å². The number of carbonyl (C=O) groups excluding carboxylic acids is 1. The first-order valence-electron chi connectivity index (χ1n) is 6.92. The van der Waals surface area contributed by atoms with Crippen LogP contribution in [0, 0.1) is 5.82 Å². The number of hydrogen-bond donors (Lipinski definition) is 1. The van der Waals surface area contributed by atoms with Crippen LogP contribution in [0.2, 0.25) is 0 Å². The lowest BCUT2D eigenvalue weighted by molar-refractivity contribution is -0.130. The van der Waals surface area contributed by atoms with E-state index >= 15 is 0 Å². The zero-order chi connectivity index (χ0) is 16.1. The number of carbonyl (C=O) groups is 1. The molecule has 0 atom stereocenters. The lowest BCUT2D eigenvalue weighted by atomic mass is 10.1. The molecule has 0 heterocycles. The van der Waals surface area contributed by atoms with Gasteiger partial charge in [-0.2, -0.15) is 0 Å². The molecule has 0 unspecified atom stereocenters. The van der Waals surface area contributed by atoms with Crippen LogP contribution in [-0.2, 0) is 17.8 Å². The van der Waals surface area contributed by atoms with Gasteiger partial charge in [0, 0.05) is 30.0 Å². The molecule has 0 aromatic heterocycles. The molecule has 0 saturated heterocycles. The van der Waals surface area contributed by atoms with Gasteiger partial charge >= 0.3 is 0 Å². The quantitative estimate of drug-likeness (QED) is 0.873. The summed E-state index contributed by atoms with van der Waals surface area (Å²) in [7, 11) is 1.67. The number of nitrogens with zero attached hydrogens (tertiary/aromatic N) is 1. The van der Waals surface area contributed by atoms with Crippen LogP contribution in [0.3, 0.4) is 0 Å². The standard InChI is InChI=1S/C17H17BrFNO2/c1-20(11-13-4-2-3-5-16(13)21)17(22)9-7-12-6-8-14(18)10-15(12)19/h2-6,8,10,21H,7,9,11H2,1H3. The number of halogens is 2. The highest BCUT2D eigenvalue weighted by molar-refractivity contribution is 9.10. The van der Waals surface area contributed by atoms with Crippen molar-refractivity contribution in [3.8, 4) is 5.75 Å². The third-order valence-corrected chi connectivity index (χ3v) is 3.94. The van der Waals surface area contributed by atoms with Gasteiger partial charge in [0.25, 0.3) is 0 Å². The highest BCUT2D eigenvalue weighted by Crippen LogP contribution is 2.19. The van der Waals surface area contributed by atoms with Gasteiger partial charge in [-0.15, -0.1) is 0 Å². The van der Waals surface area contributed by atoms with Crippen LogP contribution >= 0.6 is 15.9 Å². The van der Waals surface area contributed by atoms with Crippen molar-refractivity contribution in [2.75, 3.05) is 7.05 Å². The molecular weight excluding hydrogens is 349 g/mol. The largest absolute Gasteiger partial charge is 0.508 e. The molecule has 1 N–H and O–H groups in total. The van der Waals surface area contributed by atoms with Crippen molar-refractivity contribution >= 4 is 21.8 Å². The highest BCUT2D eigenvalue weighted by atomic mass is 79.9. The average Bonchev–Trinajstić information content (AvgIpc) is 2.48. The number of hydrogen-bond acceptors (Lipinski definition) is 2. The molecule has 2 rings (SSSR count). The number of para-hydroxylation sites is 1. The van der Waals surface area contributed by atoms with E-state index in [1.54, 1.807) is 37.4 Å². The molecule has 116 valence electrons. The second-order valence-electron chi connectivity index (χ2n) is 5.11. The Morgan fingerprint density at radius 2 is 1.95 bits per heavy atom. The summed E-state index contributed by atoms with van der Waals surface area (Å²) in [5, 5.41) is 9.72. The SMILES string of the molecule is CN(Cc1ccccc1O)C(=O)CCc1ccc(Br)cc1F. The Kier molecular flexibility index (Phi) is 5.55. The minimum absolute atomic E-state index is 0.0921. The van der Waals surface area contributed by atoms with Crippen LogP contribution in [0.1, 0.15) is 17.5 Å². The van der Waals surface area contributed by atoms with Crippen LogP contribution in [-0.4, -0.2) is 23.0 Å². The normalized spacial score (nSPS) is 10.5. The van der Waals surface area contributed by atoms with E-state index in [2.05, 4.69) is 15.9 Å². The van der Waals surface area contributed by atoms with E-state index < -0.39 is 0 Å². The Hall–Kier alpha value is -1.88. The number of aromatic hydroxyl groups is 1. The molecule has 2 aromatic rings. The summed E-state index contributed by atoms with van der Waals surface area (Å²) in [4.78, 5) is 13.7. The maximum absolute atomic E-state index is 13.7. The van der Waals surface area contributed by atoms with Crippen molar-refractivity contribution in [1.82, 2.24) is 4.90 Å². The van der Waals surface area contributed by atoms with Crippen molar-refractivity contribution in [2.24, 2.45) is 0 Å². The second kappa shape index (κ2) is 7.40. The van der Waals surface area contributed by atoms with Gasteiger partial charge in [-0.1, -0.05) is 40.2 Å². The van der Waals surface area contributed by atoms with Crippen LogP contribution in [0.4, 0.5) is 4.39 Å². The fourth-order valence-corrected chi connectivity index (χ4v) is 2.48. The Labute approximate surface area is 137 Å². The lowest BCUT2D eigenvalue weighted by Gasteiger charge is -2.18. The summed E-state index contributed by atoms with van der Waals surface area (Å²) in [6.45, 7) is 0.328. The van der Waals surface area contributed by atoms with Gasteiger partial charge in [0.15, 0.2) is 0 Å². The molecule has 0 aliphatic rings. The topological polar surface area (TPSA) is 40.5 Å². The zero-order valence-corrected chi connectivity index (χ0v) is 13.8. The second-order valence-corrected chi connectivity index (χ2v) is 6.03. The number of benzene rings is 2. The zero-order valence-electron chi connectivity index (χ0n) is 12.2. The Bertz CT molecular complexity index is 675. The smallest absolute Gasteiger partial charge is 0.222 e. The Morgan fingerprint density at radius 1 is 1.23 bits per heavy atom. The summed E-state index contributed by atoms with van der Waals surface area (Å²) in [6, 6.07) is 11.7. The molecule has 0 aliphatic heterocycles. The molecule has 1 amide bonds. The maximum Gasteiger partial charge on any atom is 0.222 e. The highest BCUT2D eigenvalue weighted by Gasteiger charge is 2.12. The number of phenolic OH excluding ortho intramolecular Hbond substituents is 1. The first-order chi connectivity index (χ1) is 10.5. The van der Waals surface area contributed by atoms with E-state index in [1.165, 1.54) is 11.0 Å². The number of rotatable bonds is 5. The van der Waals surface area contributed by atoms with Crippen molar-refractivity contribution in [1.29, 1.82) is 0 Å². The molecule has 0 fully saturated rings. The molecule has 0 bridgehead atoms. The monoisotopic (exact) mass is 365 g/mol. The van der Waals surface area contributed by atoms with E-state index in [0.717, 1.165) is 0 Å². The van der Waals surface area contributed by atoms with E-state index in [1.807, 2.05) is 6.07 Å². The Morgan fingerprint density at radius 3 is 2.64 bits per heavy atom. The number of aryl methyl sites for hydroxylation is 1. The van der Waals surface area contributed by atoms with Crippen molar-refractivity contribution in [3.05, 3.63) is 63.9 Å². The molecule has 0 spiro atoms. The van der Waals surface area contributed by atoms with Crippen molar-refractivity contribution in [2.45, 2.75) is 19.4 Å². The predicted octanol–water partition coefficient (Wildman–Crippen LogP) is 3.89. The summed E-state index contributed by atoms with van der Waals surface area (Å²) in [5.41, 5.74) is 1.21. The summed E-state index contributed by atoms with van der Waals surface area (Å²) < 4.78 is 14.4. The summed E-state index contributed by atoms with van der Waals surface area (Å²) in [5.74, 6) is -0.239. The first-order valence-corrected chi connectivity index (χ1v) is 7.71. The fraction of sp³-hybridized carbons (Fsp3) is 0.235. The lowest BCUT2D eigenvalue weighted by Crippen LogP contribution is -2.26. The van der Waals surface area contributed by atoms with Gasteiger partial charge < -0.3 is 10.0 Å². The van der Waals surface area contributed by atoms with Gasteiger partial charge in [0.2, 0.25) is 5.91 Å². The third-order valence-electron chi connectivity index (χ3n) is 3.45. The predicted molar refractivity (Wildman–Crippen MR) is 87.0 cm³/mol. The summed E-state index contributed by atoms with van der Waals surface area (Å²) >= 11 is 3.20. The van der Waals surface area contributed by atoms with E-state index in [4.69, 9.17) is 0 Å². The molecule has 22 heavy (non-hydrogen) atoms. The molecule has 2 aromatic carbocycles. The number of phenols is 1. The Balaban J connectivity index is 1.93. The van der Waals surface area contributed by atoms with Gasteiger partial charge in [0.1, 0.15) is 11.6 Å². The minimum atomic E-state index is -0.314. The van der Waals surface area contributed by atoms with Gasteiger partial charge in [-0.25, -0.2) is 4.39 Å². The van der Waals surface area contributed by atoms with E-state index in [0.29, 0.717) is 28.6 Å². The van der Waals surface area contributed by atoms with Crippen LogP contribution < -0.4 is 0 Å². The van der Waals surface area contributed by atoms with Crippen LogP contribution in [0.15, 0.2) is 46.9 Å².